The van der Waals surface area contributed by atoms with Crippen LogP contribution in [0.4, 0.5) is 11.4 Å². The molecule has 0 atom stereocenters. The number of benzene rings is 3. The number of nitrogens with one attached hydrogen (secondary N) is 1. The van der Waals surface area contributed by atoms with Crippen molar-refractivity contribution in [2.45, 2.75) is 13.8 Å². The third-order valence-electron chi connectivity index (χ3n) is 3.93. The summed E-state index contributed by atoms with van der Waals surface area (Å²) in [5.41, 5.74) is 7.24. The molecule has 0 radical (unpaired) electrons. The summed E-state index contributed by atoms with van der Waals surface area (Å²) in [6.07, 6.45) is 4.27. The first kappa shape index (κ1) is 15.1. The second-order valence-corrected chi connectivity index (χ2v) is 5.76. The predicted octanol–water partition coefficient (Wildman–Crippen LogP) is 6.22. The molecule has 0 aliphatic rings. The zero-order valence-electron chi connectivity index (χ0n) is 13.6. The van der Waals surface area contributed by atoms with E-state index in [1.54, 1.807) is 0 Å². The average molecular weight is 299 g/mol. The van der Waals surface area contributed by atoms with E-state index < -0.39 is 0 Å². The SMILES string of the molecule is Cc1cccc(C)c1Nc1ccc(/C=C/c2ccccc2)cc1. The summed E-state index contributed by atoms with van der Waals surface area (Å²) < 4.78 is 0. The van der Waals surface area contributed by atoms with Crippen LogP contribution in [0.15, 0.2) is 72.8 Å². The lowest BCUT2D eigenvalue weighted by atomic mass is 10.1. The van der Waals surface area contributed by atoms with Crippen molar-refractivity contribution in [1.82, 2.24) is 0 Å². The van der Waals surface area contributed by atoms with Gasteiger partial charge in [-0.05, 0) is 48.2 Å². The van der Waals surface area contributed by atoms with Gasteiger partial charge < -0.3 is 5.32 Å². The van der Waals surface area contributed by atoms with E-state index in [-0.39, 0.29) is 0 Å². The Kier molecular flexibility index (Phi) is 4.58. The Morgan fingerprint density at radius 3 is 1.78 bits per heavy atom. The molecule has 0 aliphatic carbocycles. The van der Waals surface area contributed by atoms with Gasteiger partial charge in [0.2, 0.25) is 0 Å². The Morgan fingerprint density at radius 2 is 1.17 bits per heavy atom. The number of hydrogen-bond donors (Lipinski definition) is 1. The second-order valence-electron chi connectivity index (χ2n) is 5.76. The van der Waals surface area contributed by atoms with Crippen molar-refractivity contribution >= 4 is 23.5 Å². The molecule has 0 spiro atoms. The smallest absolute Gasteiger partial charge is 0.0443 e. The van der Waals surface area contributed by atoms with Crippen molar-refractivity contribution in [2.24, 2.45) is 0 Å². The summed E-state index contributed by atoms with van der Waals surface area (Å²) in [7, 11) is 0. The van der Waals surface area contributed by atoms with Crippen molar-refractivity contribution in [3.8, 4) is 0 Å². The molecule has 3 aromatic rings. The van der Waals surface area contributed by atoms with Crippen molar-refractivity contribution < 1.29 is 0 Å². The molecule has 0 bridgehead atoms. The van der Waals surface area contributed by atoms with Crippen LogP contribution < -0.4 is 5.32 Å². The van der Waals surface area contributed by atoms with E-state index in [4.69, 9.17) is 0 Å². The monoisotopic (exact) mass is 299 g/mol. The van der Waals surface area contributed by atoms with Crippen molar-refractivity contribution in [1.29, 1.82) is 0 Å². The molecule has 1 heteroatoms. The van der Waals surface area contributed by atoms with E-state index in [0.29, 0.717) is 0 Å². The third-order valence-corrected chi connectivity index (χ3v) is 3.93. The fraction of sp³-hybridized carbons (Fsp3) is 0.0909. The maximum absolute atomic E-state index is 3.52. The summed E-state index contributed by atoms with van der Waals surface area (Å²) in [4.78, 5) is 0. The second kappa shape index (κ2) is 6.97. The van der Waals surface area contributed by atoms with E-state index in [1.807, 2.05) is 6.07 Å². The van der Waals surface area contributed by atoms with E-state index in [9.17, 15) is 0 Å². The van der Waals surface area contributed by atoms with Crippen LogP contribution in [0.5, 0.6) is 0 Å². The summed E-state index contributed by atoms with van der Waals surface area (Å²) in [6, 6.07) is 25.2. The van der Waals surface area contributed by atoms with E-state index >= 15 is 0 Å². The lowest BCUT2D eigenvalue weighted by molar-refractivity contribution is 1.36. The topological polar surface area (TPSA) is 12.0 Å². The fourth-order valence-corrected chi connectivity index (χ4v) is 2.59. The first-order valence-corrected chi connectivity index (χ1v) is 7.89. The quantitative estimate of drug-likeness (QED) is 0.564. The molecule has 1 nitrogen and oxygen atoms in total. The highest BCUT2D eigenvalue weighted by molar-refractivity contribution is 5.72. The number of anilines is 2. The number of rotatable bonds is 4. The molecule has 0 saturated carbocycles. The maximum Gasteiger partial charge on any atom is 0.0443 e. The van der Waals surface area contributed by atoms with Gasteiger partial charge >= 0.3 is 0 Å². The number of para-hydroxylation sites is 1. The molecule has 3 aromatic carbocycles. The van der Waals surface area contributed by atoms with Crippen LogP contribution in [-0.4, -0.2) is 0 Å². The summed E-state index contributed by atoms with van der Waals surface area (Å²) in [5, 5.41) is 3.52. The summed E-state index contributed by atoms with van der Waals surface area (Å²) in [6.45, 7) is 4.26. The van der Waals surface area contributed by atoms with Crippen LogP contribution in [0.2, 0.25) is 0 Å². The molecule has 0 fully saturated rings. The Hall–Kier alpha value is -2.80. The fourth-order valence-electron chi connectivity index (χ4n) is 2.59. The van der Waals surface area contributed by atoms with Crippen LogP contribution >= 0.6 is 0 Å². The Balaban J connectivity index is 1.74. The third kappa shape index (κ3) is 3.89. The molecule has 0 amide bonds. The van der Waals surface area contributed by atoms with E-state index in [2.05, 4.69) is 98.0 Å². The number of aryl methyl sites for hydroxylation is 2. The van der Waals surface area contributed by atoms with Crippen molar-refractivity contribution in [2.75, 3.05) is 5.32 Å². The largest absolute Gasteiger partial charge is 0.355 e. The molecule has 0 saturated heterocycles. The molecule has 0 heterocycles. The van der Waals surface area contributed by atoms with Crippen molar-refractivity contribution in [3.63, 3.8) is 0 Å². The minimum atomic E-state index is 1.11. The van der Waals surface area contributed by atoms with Gasteiger partial charge in [0.25, 0.3) is 0 Å². The zero-order valence-corrected chi connectivity index (χ0v) is 13.6. The molecule has 23 heavy (non-hydrogen) atoms. The van der Waals surface area contributed by atoms with Gasteiger partial charge in [-0.25, -0.2) is 0 Å². The van der Waals surface area contributed by atoms with E-state index in [1.165, 1.54) is 27.9 Å². The van der Waals surface area contributed by atoms with E-state index in [0.717, 1.165) is 5.69 Å². The van der Waals surface area contributed by atoms with Gasteiger partial charge in [0.05, 0.1) is 0 Å². The van der Waals surface area contributed by atoms with Gasteiger partial charge in [0.1, 0.15) is 0 Å². The molecular weight excluding hydrogens is 278 g/mol. The first-order valence-electron chi connectivity index (χ1n) is 7.89. The lowest BCUT2D eigenvalue weighted by Crippen LogP contribution is -1.95. The van der Waals surface area contributed by atoms with Crippen LogP contribution in [-0.2, 0) is 0 Å². The lowest BCUT2D eigenvalue weighted by Gasteiger charge is -2.12. The molecule has 0 aromatic heterocycles. The van der Waals surface area contributed by atoms with Gasteiger partial charge in [0, 0.05) is 11.4 Å². The average Bonchev–Trinajstić information content (AvgIpc) is 2.58. The number of hydrogen-bond acceptors (Lipinski definition) is 1. The highest BCUT2D eigenvalue weighted by atomic mass is 14.9. The Bertz CT molecular complexity index is 779. The van der Waals surface area contributed by atoms with Crippen LogP contribution in [0, 0.1) is 13.8 Å². The zero-order chi connectivity index (χ0) is 16.1. The van der Waals surface area contributed by atoms with Gasteiger partial charge in [-0.3, -0.25) is 0 Å². The van der Waals surface area contributed by atoms with Crippen LogP contribution in [0.1, 0.15) is 22.3 Å². The minimum Gasteiger partial charge on any atom is -0.355 e. The molecule has 3 rings (SSSR count). The highest BCUT2D eigenvalue weighted by Gasteiger charge is 2.02. The molecule has 1 N–H and O–H groups in total. The van der Waals surface area contributed by atoms with Gasteiger partial charge in [-0.15, -0.1) is 0 Å². The van der Waals surface area contributed by atoms with Crippen molar-refractivity contribution in [3.05, 3.63) is 95.1 Å². The first-order chi connectivity index (χ1) is 11.2. The minimum absolute atomic E-state index is 1.11. The van der Waals surface area contributed by atoms with Crippen LogP contribution in [0.3, 0.4) is 0 Å². The Labute approximate surface area is 138 Å². The molecule has 0 unspecified atom stereocenters. The van der Waals surface area contributed by atoms with Gasteiger partial charge in [-0.2, -0.15) is 0 Å². The molecule has 114 valence electrons. The predicted molar refractivity (Wildman–Crippen MR) is 101 cm³/mol. The maximum atomic E-state index is 3.52. The molecule has 0 aliphatic heterocycles. The van der Waals surface area contributed by atoms with Gasteiger partial charge in [0.15, 0.2) is 0 Å². The highest BCUT2D eigenvalue weighted by Crippen LogP contribution is 2.24. The summed E-state index contributed by atoms with van der Waals surface area (Å²) >= 11 is 0. The Morgan fingerprint density at radius 1 is 0.609 bits per heavy atom. The van der Waals surface area contributed by atoms with Crippen LogP contribution in [0.25, 0.3) is 12.2 Å². The summed E-state index contributed by atoms with van der Waals surface area (Å²) in [5.74, 6) is 0. The normalized spacial score (nSPS) is 10.9. The molecular formula is C22H21N. The van der Waals surface area contributed by atoms with Gasteiger partial charge in [-0.1, -0.05) is 72.8 Å². The standard InChI is InChI=1S/C22H21N/c1-17-7-6-8-18(2)22(17)23-21-15-13-20(14-16-21)12-11-19-9-4-3-5-10-19/h3-16,23H,1-2H3/b12-11+.